The molecule has 0 aliphatic rings. The molecule has 0 radical (unpaired) electrons. The van der Waals surface area contributed by atoms with Gasteiger partial charge in [-0.1, -0.05) is 18.2 Å². The summed E-state index contributed by atoms with van der Waals surface area (Å²) in [5, 5.41) is 11.1. The smallest absolute Gasteiger partial charge is 0.303 e. The fraction of sp³-hybridized carbons (Fsp3) is 0.167. The van der Waals surface area contributed by atoms with Gasteiger partial charge in [0, 0.05) is 12.5 Å². The van der Waals surface area contributed by atoms with Crippen LogP contribution < -0.4 is 14.8 Å². The van der Waals surface area contributed by atoms with Gasteiger partial charge in [0.2, 0.25) is 6.29 Å². The number of hydrogen-bond donors (Lipinski definition) is 2. The second-order valence-corrected chi connectivity index (χ2v) is 5.03. The van der Waals surface area contributed by atoms with E-state index in [0.29, 0.717) is 23.6 Å². The van der Waals surface area contributed by atoms with Gasteiger partial charge < -0.3 is 19.9 Å². The number of benzene rings is 2. The van der Waals surface area contributed by atoms with E-state index in [-0.39, 0.29) is 25.1 Å². The first-order valence-electron chi connectivity index (χ1n) is 7.56. The first kappa shape index (κ1) is 18.0. The summed E-state index contributed by atoms with van der Waals surface area (Å²) in [4.78, 5) is 32.4. The largest absolute Gasteiger partial charge is 0.491 e. The quantitative estimate of drug-likeness (QED) is 0.412. The maximum absolute atomic E-state index is 11.3. The van der Waals surface area contributed by atoms with Crippen LogP contribution in [0.2, 0.25) is 0 Å². The lowest BCUT2D eigenvalue weighted by molar-refractivity contribution is -0.137. The molecule has 0 aliphatic carbocycles. The number of hydrogen-bond acceptors (Lipinski definition) is 5. The molecule has 0 aromatic heterocycles. The molecule has 0 aliphatic heterocycles. The number of carbonyl (C=O) groups excluding carboxylic acids is 2. The second kappa shape index (κ2) is 9.07. The van der Waals surface area contributed by atoms with E-state index in [1.54, 1.807) is 30.3 Å². The van der Waals surface area contributed by atoms with Crippen LogP contribution in [0.1, 0.15) is 12.8 Å². The van der Waals surface area contributed by atoms with Crippen molar-refractivity contribution in [3.05, 3.63) is 48.5 Å². The molecule has 2 N–H and O–H groups in total. The highest BCUT2D eigenvalue weighted by Gasteiger charge is 2.10. The first-order chi connectivity index (χ1) is 12.1. The van der Waals surface area contributed by atoms with Crippen molar-refractivity contribution in [2.24, 2.45) is 0 Å². The van der Waals surface area contributed by atoms with Crippen LogP contribution in [0.3, 0.4) is 0 Å². The number of rotatable bonds is 9. The molecule has 0 atom stereocenters. The molecular weight excluding hydrogens is 326 g/mol. The summed E-state index contributed by atoms with van der Waals surface area (Å²) in [5.74, 6) is -0.340. The van der Waals surface area contributed by atoms with E-state index < -0.39 is 11.9 Å². The lowest BCUT2D eigenvalue weighted by atomic mass is 10.2. The average molecular weight is 343 g/mol. The number of nitrogens with one attached hydrogen (secondary N) is 1. The molecule has 7 heteroatoms. The summed E-state index contributed by atoms with van der Waals surface area (Å²) in [6.07, 6.45) is 0.430. The molecule has 7 nitrogen and oxygen atoms in total. The zero-order chi connectivity index (χ0) is 18.1. The number of ether oxygens (including phenoxy) is 2. The number of para-hydroxylation sites is 1. The molecule has 2 rings (SSSR count). The molecule has 1 amide bonds. The second-order valence-electron chi connectivity index (χ2n) is 5.03. The Balaban J connectivity index is 2.14. The molecule has 0 bridgehead atoms. The van der Waals surface area contributed by atoms with Crippen LogP contribution in [0.15, 0.2) is 48.5 Å². The van der Waals surface area contributed by atoms with Gasteiger partial charge in [0.25, 0.3) is 5.91 Å². The predicted molar refractivity (Wildman–Crippen MR) is 90.0 cm³/mol. The van der Waals surface area contributed by atoms with Crippen LogP contribution in [0.4, 0.5) is 5.69 Å². The lowest BCUT2D eigenvalue weighted by Crippen LogP contribution is -2.13. The van der Waals surface area contributed by atoms with Crippen LogP contribution in [0.25, 0.3) is 0 Å². The molecule has 25 heavy (non-hydrogen) atoms. The van der Waals surface area contributed by atoms with Crippen molar-refractivity contribution in [1.82, 2.24) is 0 Å². The maximum atomic E-state index is 11.3. The topological polar surface area (TPSA) is 102 Å². The van der Waals surface area contributed by atoms with E-state index in [1.807, 2.05) is 18.2 Å². The minimum Gasteiger partial charge on any atom is -0.491 e. The van der Waals surface area contributed by atoms with Crippen LogP contribution in [-0.4, -0.2) is 29.9 Å². The average Bonchev–Trinajstić information content (AvgIpc) is 2.61. The Kier molecular flexibility index (Phi) is 6.53. The van der Waals surface area contributed by atoms with E-state index in [9.17, 15) is 14.4 Å². The van der Waals surface area contributed by atoms with Crippen molar-refractivity contribution >= 4 is 23.9 Å². The fourth-order valence-corrected chi connectivity index (χ4v) is 1.98. The maximum Gasteiger partial charge on any atom is 0.303 e. The van der Waals surface area contributed by atoms with Crippen molar-refractivity contribution in [2.45, 2.75) is 12.8 Å². The van der Waals surface area contributed by atoms with Crippen molar-refractivity contribution in [3.63, 3.8) is 0 Å². The van der Waals surface area contributed by atoms with Gasteiger partial charge in [-0.3, -0.25) is 14.4 Å². The number of amides is 1. The fourth-order valence-electron chi connectivity index (χ4n) is 1.98. The minimum absolute atomic E-state index is 0.0315. The van der Waals surface area contributed by atoms with E-state index in [2.05, 4.69) is 5.32 Å². The lowest BCUT2D eigenvalue weighted by Gasteiger charge is -2.13. The Morgan fingerprint density at radius 3 is 2.52 bits per heavy atom. The van der Waals surface area contributed by atoms with Crippen LogP contribution in [0.5, 0.6) is 17.2 Å². The van der Waals surface area contributed by atoms with Crippen molar-refractivity contribution in [2.75, 3.05) is 11.9 Å². The highest BCUT2D eigenvalue weighted by molar-refractivity contribution is 6.29. The van der Waals surface area contributed by atoms with E-state index in [1.165, 1.54) is 0 Å². The molecule has 0 saturated heterocycles. The summed E-state index contributed by atoms with van der Waals surface area (Å²) >= 11 is 0. The van der Waals surface area contributed by atoms with Gasteiger partial charge in [-0.2, -0.15) is 0 Å². The third kappa shape index (κ3) is 5.98. The van der Waals surface area contributed by atoms with Gasteiger partial charge in [-0.25, -0.2) is 0 Å². The van der Waals surface area contributed by atoms with Crippen molar-refractivity contribution in [3.8, 4) is 17.2 Å². The molecule has 0 spiro atoms. The third-order valence-corrected chi connectivity index (χ3v) is 3.09. The van der Waals surface area contributed by atoms with Crippen LogP contribution in [-0.2, 0) is 14.4 Å². The van der Waals surface area contributed by atoms with Gasteiger partial charge >= 0.3 is 5.97 Å². The number of carboxylic acid groups (broad SMARTS) is 1. The monoisotopic (exact) mass is 343 g/mol. The first-order valence-corrected chi connectivity index (χ1v) is 7.56. The van der Waals surface area contributed by atoms with E-state index in [4.69, 9.17) is 14.6 Å². The molecule has 2 aromatic rings. The van der Waals surface area contributed by atoms with Crippen molar-refractivity contribution in [1.29, 1.82) is 0 Å². The summed E-state index contributed by atoms with van der Waals surface area (Å²) in [5.41, 5.74) is 0.299. The number of carbonyl (C=O) groups is 3. The Hall–Kier alpha value is -3.35. The zero-order valence-corrected chi connectivity index (χ0v) is 13.3. The Bertz CT molecular complexity index is 744. The third-order valence-electron chi connectivity index (χ3n) is 3.09. The van der Waals surface area contributed by atoms with Crippen LogP contribution in [0, 0.1) is 0 Å². The molecule has 0 unspecified atom stereocenters. The Labute approximate surface area is 144 Å². The highest BCUT2D eigenvalue weighted by Crippen LogP contribution is 2.32. The molecule has 0 fully saturated rings. The number of carboxylic acids is 1. The van der Waals surface area contributed by atoms with Crippen molar-refractivity contribution < 1.29 is 29.0 Å². The molecule has 130 valence electrons. The van der Waals surface area contributed by atoms with Gasteiger partial charge in [0.05, 0.1) is 12.3 Å². The highest BCUT2D eigenvalue weighted by atomic mass is 16.5. The van der Waals surface area contributed by atoms with Gasteiger partial charge in [0.15, 0.2) is 0 Å². The molecular formula is C18H17NO6. The molecule has 2 aromatic carbocycles. The number of aliphatic carboxylic acids is 1. The standard InChI is InChI=1S/C18H17NO6/c20-12-17(21)19-15-9-8-14(25-13-5-2-1-3-6-13)11-16(15)24-10-4-7-18(22)23/h1-3,5-6,8-9,11-12H,4,7,10H2,(H,19,21)(H,22,23). The summed E-state index contributed by atoms with van der Waals surface area (Å²) in [6, 6.07) is 13.8. The van der Waals surface area contributed by atoms with E-state index in [0.717, 1.165) is 0 Å². The summed E-state index contributed by atoms with van der Waals surface area (Å²) in [6.45, 7) is 0.144. The zero-order valence-electron chi connectivity index (χ0n) is 13.3. The van der Waals surface area contributed by atoms with Crippen LogP contribution >= 0.6 is 0 Å². The van der Waals surface area contributed by atoms with E-state index >= 15 is 0 Å². The van der Waals surface area contributed by atoms with Gasteiger partial charge in [-0.15, -0.1) is 0 Å². The Morgan fingerprint density at radius 1 is 1.08 bits per heavy atom. The number of anilines is 1. The number of aldehydes is 1. The Morgan fingerprint density at radius 2 is 1.84 bits per heavy atom. The SMILES string of the molecule is O=CC(=O)Nc1ccc(Oc2ccccc2)cc1OCCCC(=O)O. The minimum atomic E-state index is -0.917. The normalized spacial score (nSPS) is 9.92. The van der Waals surface area contributed by atoms with Gasteiger partial charge in [0.1, 0.15) is 17.2 Å². The van der Waals surface area contributed by atoms with Gasteiger partial charge in [-0.05, 0) is 30.7 Å². The predicted octanol–water partition coefficient (Wildman–Crippen LogP) is 2.86. The summed E-state index contributed by atoms with van der Waals surface area (Å²) in [7, 11) is 0. The molecule has 0 saturated carbocycles. The molecule has 0 heterocycles. The summed E-state index contributed by atoms with van der Waals surface area (Å²) < 4.78 is 11.2.